The molecule has 1 amide bonds. The molecule has 2 heterocycles. The highest BCUT2D eigenvalue weighted by atomic mass is 32.1. The highest BCUT2D eigenvalue weighted by Gasteiger charge is 2.46. The van der Waals surface area contributed by atoms with E-state index in [0.29, 0.717) is 17.9 Å². The number of thiophene rings is 1. The molecule has 6 heteroatoms. The van der Waals surface area contributed by atoms with Crippen molar-refractivity contribution in [1.29, 1.82) is 0 Å². The molecule has 5 nitrogen and oxygen atoms in total. The van der Waals surface area contributed by atoms with Crippen molar-refractivity contribution in [1.82, 2.24) is 4.90 Å². The molecule has 0 saturated carbocycles. The van der Waals surface area contributed by atoms with E-state index in [1.807, 2.05) is 38.3 Å². The number of Topliss-reactive ketones (excluding diaryl/α,β-unsaturated/α-hetero) is 1. The van der Waals surface area contributed by atoms with Crippen LogP contribution in [-0.2, 0) is 9.59 Å². The Balaban J connectivity index is 2.05. The SMILES string of the molecule is CCCN1C(=O)C(=O)/C(=C(\O)c2ccc(OC(C)C)cc2)C1c1cccs1. The van der Waals surface area contributed by atoms with Gasteiger partial charge in [0.2, 0.25) is 0 Å². The van der Waals surface area contributed by atoms with Gasteiger partial charge in [0, 0.05) is 17.0 Å². The molecule has 0 spiro atoms. The summed E-state index contributed by atoms with van der Waals surface area (Å²) in [6, 6.07) is 10.1. The lowest BCUT2D eigenvalue weighted by molar-refractivity contribution is -0.139. The molecule has 1 atom stereocenters. The number of nitrogens with zero attached hydrogens (tertiary/aromatic N) is 1. The molecule has 0 aliphatic carbocycles. The second kappa shape index (κ2) is 7.96. The molecule has 1 aliphatic heterocycles. The van der Waals surface area contributed by atoms with Gasteiger partial charge < -0.3 is 14.7 Å². The minimum atomic E-state index is -0.637. The molecule has 27 heavy (non-hydrogen) atoms. The number of likely N-dealkylation sites (tertiary alicyclic amines) is 1. The number of carbonyl (C=O) groups is 2. The molecule has 0 bridgehead atoms. The van der Waals surface area contributed by atoms with Crippen LogP contribution in [0.4, 0.5) is 0 Å². The van der Waals surface area contributed by atoms with Gasteiger partial charge in [-0.25, -0.2) is 0 Å². The van der Waals surface area contributed by atoms with Crippen LogP contribution in [0.15, 0.2) is 47.4 Å². The normalized spacial score (nSPS) is 19.1. The summed E-state index contributed by atoms with van der Waals surface area (Å²) in [6.07, 6.45) is 0.776. The predicted octanol–water partition coefficient (Wildman–Crippen LogP) is 4.37. The van der Waals surface area contributed by atoms with Crippen molar-refractivity contribution in [2.75, 3.05) is 6.54 Å². The number of amides is 1. The van der Waals surface area contributed by atoms with Crippen LogP contribution in [0.25, 0.3) is 5.76 Å². The number of carbonyl (C=O) groups excluding carboxylic acids is 2. The van der Waals surface area contributed by atoms with Gasteiger partial charge in [-0.15, -0.1) is 11.3 Å². The van der Waals surface area contributed by atoms with Gasteiger partial charge in [0.15, 0.2) is 0 Å². The highest BCUT2D eigenvalue weighted by molar-refractivity contribution is 7.10. The summed E-state index contributed by atoms with van der Waals surface area (Å²) < 4.78 is 5.62. The maximum Gasteiger partial charge on any atom is 0.295 e. The number of ketones is 1. The third kappa shape index (κ3) is 3.76. The molecule has 1 unspecified atom stereocenters. The first kappa shape index (κ1) is 19.2. The summed E-state index contributed by atoms with van der Waals surface area (Å²) in [4.78, 5) is 27.6. The Labute approximate surface area is 162 Å². The van der Waals surface area contributed by atoms with Gasteiger partial charge in [-0.05, 0) is 56.0 Å². The molecule has 2 aromatic rings. The van der Waals surface area contributed by atoms with Crippen LogP contribution in [0.1, 0.15) is 43.7 Å². The van der Waals surface area contributed by atoms with E-state index in [9.17, 15) is 14.7 Å². The van der Waals surface area contributed by atoms with Crippen molar-refractivity contribution in [2.24, 2.45) is 0 Å². The summed E-state index contributed by atoms with van der Waals surface area (Å²) in [5.74, 6) is -0.664. The van der Waals surface area contributed by atoms with Crippen LogP contribution in [0.3, 0.4) is 0 Å². The molecule has 142 valence electrons. The smallest absolute Gasteiger partial charge is 0.295 e. The fourth-order valence-electron chi connectivity index (χ4n) is 3.21. The number of ether oxygens (including phenoxy) is 1. The Morgan fingerprint density at radius 1 is 1.22 bits per heavy atom. The molecule has 3 rings (SSSR count). The van der Waals surface area contributed by atoms with E-state index in [0.717, 1.165) is 11.3 Å². The predicted molar refractivity (Wildman–Crippen MR) is 106 cm³/mol. The zero-order chi connectivity index (χ0) is 19.6. The van der Waals surface area contributed by atoms with Crippen LogP contribution in [-0.4, -0.2) is 34.3 Å². The highest BCUT2D eigenvalue weighted by Crippen LogP contribution is 2.41. The maximum atomic E-state index is 12.7. The number of aliphatic hydroxyl groups is 1. The monoisotopic (exact) mass is 385 g/mol. The van der Waals surface area contributed by atoms with Gasteiger partial charge in [0.25, 0.3) is 11.7 Å². The lowest BCUT2D eigenvalue weighted by atomic mass is 10.00. The van der Waals surface area contributed by atoms with E-state index < -0.39 is 17.7 Å². The van der Waals surface area contributed by atoms with E-state index in [-0.39, 0.29) is 17.4 Å². The Kier molecular flexibility index (Phi) is 5.65. The topological polar surface area (TPSA) is 66.8 Å². The van der Waals surface area contributed by atoms with Gasteiger partial charge in [-0.1, -0.05) is 13.0 Å². The largest absolute Gasteiger partial charge is 0.507 e. The second-order valence-electron chi connectivity index (χ2n) is 6.70. The van der Waals surface area contributed by atoms with Crippen molar-refractivity contribution in [3.8, 4) is 5.75 Å². The van der Waals surface area contributed by atoms with E-state index in [2.05, 4.69) is 0 Å². The fraction of sp³-hybridized carbons (Fsp3) is 0.333. The first-order chi connectivity index (χ1) is 12.9. The number of rotatable bonds is 6. The second-order valence-corrected chi connectivity index (χ2v) is 7.68. The van der Waals surface area contributed by atoms with Crippen LogP contribution in [0.2, 0.25) is 0 Å². The van der Waals surface area contributed by atoms with Crippen LogP contribution < -0.4 is 4.74 Å². The summed E-state index contributed by atoms with van der Waals surface area (Å²) in [6.45, 7) is 6.29. The van der Waals surface area contributed by atoms with Gasteiger partial charge in [0.05, 0.1) is 17.7 Å². The van der Waals surface area contributed by atoms with Crippen molar-refractivity contribution in [3.63, 3.8) is 0 Å². The summed E-state index contributed by atoms with van der Waals surface area (Å²) in [5, 5.41) is 12.8. The van der Waals surface area contributed by atoms with E-state index in [1.54, 1.807) is 29.2 Å². The third-order valence-corrected chi connectivity index (χ3v) is 5.24. The van der Waals surface area contributed by atoms with E-state index in [1.165, 1.54) is 11.3 Å². The maximum absolute atomic E-state index is 12.7. The molecule has 1 aromatic heterocycles. The number of hydrogen-bond donors (Lipinski definition) is 1. The summed E-state index contributed by atoms with van der Waals surface area (Å²) in [7, 11) is 0. The first-order valence-corrected chi connectivity index (χ1v) is 9.91. The van der Waals surface area contributed by atoms with Crippen molar-refractivity contribution in [3.05, 3.63) is 57.8 Å². The van der Waals surface area contributed by atoms with E-state index in [4.69, 9.17) is 4.74 Å². The fourth-order valence-corrected chi connectivity index (χ4v) is 4.06. The average Bonchev–Trinajstić information content (AvgIpc) is 3.24. The van der Waals surface area contributed by atoms with Crippen molar-refractivity contribution in [2.45, 2.75) is 39.3 Å². The lowest BCUT2D eigenvalue weighted by Crippen LogP contribution is -2.30. The van der Waals surface area contributed by atoms with Gasteiger partial charge >= 0.3 is 0 Å². The minimum absolute atomic E-state index is 0.0441. The Bertz CT molecular complexity index is 853. The molecular weight excluding hydrogens is 362 g/mol. The molecule has 1 N–H and O–H groups in total. The molecule has 1 saturated heterocycles. The standard InChI is InChI=1S/C21H23NO4S/c1-4-11-22-18(16-6-5-12-27-16)17(20(24)21(22)25)19(23)14-7-9-15(10-8-14)26-13(2)3/h5-10,12-13,18,23H,4,11H2,1-3H3/b19-17-. The Morgan fingerprint density at radius 2 is 1.93 bits per heavy atom. The van der Waals surface area contributed by atoms with Gasteiger partial charge in [0.1, 0.15) is 11.5 Å². The molecule has 0 radical (unpaired) electrons. The zero-order valence-electron chi connectivity index (χ0n) is 15.6. The van der Waals surface area contributed by atoms with Crippen LogP contribution >= 0.6 is 11.3 Å². The minimum Gasteiger partial charge on any atom is -0.507 e. The van der Waals surface area contributed by atoms with Crippen molar-refractivity contribution < 1.29 is 19.4 Å². The molecule has 1 aliphatic rings. The number of benzene rings is 1. The van der Waals surface area contributed by atoms with Crippen LogP contribution in [0.5, 0.6) is 5.75 Å². The molecule has 1 fully saturated rings. The Morgan fingerprint density at radius 3 is 2.48 bits per heavy atom. The van der Waals surface area contributed by atoms with Gasteiger partial charge in [-0.2, -0.15) is 0 Å². The zero-order valence-corrected chi connectivity index (χ0v) is 16.5. The number of hydrogen-bond acceptors (Lipinski definition) is 5. The molecule has 1 aromatic carbocycles. The Hall–Kier alpha value is -2.60. The third-order valence-electron chi connectivity index (χ3n) is 4.32. The summed E-state index contributed by atoms with van der Waals surface area (Å²) >= 11 is 1.47. The van der Waals surface area contributed by atoms with Crippen LogP contribution in [0, 0.1) is 0 Å². The van der Waals surface area contributed by atoms with Gasteiger partial charge in [-0.3, -0.25) is 9.59 Å². The van der Waals surface area contributed by atoms with E-state index >= 15 is 0 Å². The molecular formula is C21H23NO4S. The van der Waals surface area contributed by atoms with Crippen molar-refractivity contribution >= 4 is 28.8 Å². The quantitative estimate of drug-likeness (QED) is 0.456. The average molecular weight is 385 g/mol. The first-order valence-electron chi connectivity index (χ1n) is 9.03. The number of aliphatic hydroxyl groups excluding tert-OH is 1. The lowest BCUT2D eigenvalue weighted by Gasteiger charge is -2.23. The summed E-state index contributed by atoms with van der Waals surface area (Å²) in [5.41, 5.74) is 0.635.